The zero-order valence-electron chi connectivity index (χ0n) is 12.4. The highest BCUT2D eigenvalue weighted by atomic mass is 35.5. The molecule has 0 bridgehead atoms. The molecule has 2 rings (SSSR count). The molecule has 2 aromatic carbocycles. The Morgan fingerprint density at radius 2 is 1.45 bits per heavy atom. The van der Waals surface area contributed by atoms with E-state index in [1.807, 2.05) is 42.5 Å². The summed E-state index contributed by atoms with van der Waals surface area (Å²) in [6.07, 6.45) is 0. The van der Waals surface area contributed by atoms with Gasteiger partial charge in [-0.1, -0.05) is 53.0 Å². The lowest BCUT2D eigenvalue weighted by molar-refractivity contribution is -0.935. The monoisotopic (exact) mass is 358 g/mol. The maximum atomic E-state index is 9.42. The van der Waals surface area contributed by atoms with Crippen molar-refractivity contribution < 1.29 is 9.59 Å². The van der Waals surface area contributed by atoms with Crippen LogP contribution in [0.3, 0.4) is 0 Å². The van der Waals surface area contributed by atoms with Gasteiger partial charge in [0.15, 0.2) is 0 Å². The van der Waals surface area contributed by atoms with Gasteiger partial charge in [-0.15, -0.1) is 0 Å². The summed E-state index contributed by atoms with van der Waals surface area (Å²) in [5.74, 6) is 0. The van der Waals surface area contributed by atoms with Crippen molar-refractivity contribution in [1.29, 1.82) is 0 Å². The molecule has 0 amide bonds. The van der Waals surface area contributed by atoms with Crippen molar-refractivity contribution in [1.82, 2.24) is 0 Å². The van der Waals surface area contributed by atoms with Crippen LogP contribution in [0.15, 0.2) is 42.5 Å². The fourth-order valence-electron chi connectivity index (χ4n) is 2.56. The quantitative estimate of drug-likeness (QED) is 0.735. The molecule has 0 aliphatic carbocycles. The Balaban J connectivity index is 2.19. The highest BCUT2D eigenvalue weighted by Gasteiger charge is 2.22. The van der Waals surface area contributed by atoms with Crippen LogP contribution in [0.2, 0.25) is 15.1 Å². The normalized spacial score (nSPS) is 13.9. The molecule has 22 heavy (non-hydrogen) atoms. The predicted octanol–water partition coefficient (Wildman–Crippen LogP) is 4.79. The molecule has 0 aromatic heterocycles. The van der Waals surface area contributed by atoms with E-state index in [0.29, 0.717) is 21.1 Å². The average molecular weight is 360 g/mol. The third-order valence-corrected chi connectivity index (χ3v) is 4.66. The number of quaternary nitrogens is 1. The first-order valence-electron chi connectivity index (χ1n) is 7.05. The zero-order chi connectivity index (χ0) is 16.2. The third kappa shape index (κ3) is 4.87. The summed E-state index contributed by atoms with van der Waals surface area (Å²) in [5.41, 5.74) is 2.28. The molecular formula is C17H19Cl3NO+. The lowest BCUT2D eigenvalue weighted by atomic mass is 10.1. The van der Waals surface area contributed by atoms with Crippen LogP contribution in [0.4, 0.5) is 0 Å². The van der Waals surface area contributed by atoms with Gasteiger partial charge < -0.3 is 9.59 Å². The standard InChI is InChI=1S/C17H19Cl3NO/c1-21(8-9-22,11-13-2-5-15(18)6-3-13)12-14-4-7-16(19)17(20)10-14/h2-7,10,22H,8-9,11-12H2,1H3/q+1. The molecule has 1 N–H and O–H groups in total. The second kappa shape index (κ2) is 7.67. The number of rotatable bonds is 6. The molecule has 0 spiro atoms. The molecule has 2 nitrogen and oxygen atoms in total. The van der Waals surface area contributed by atoms with E-state index in [9.17, 15) is 5.11 Å². The van der Waals surface area contributed by atoms with E-state index < -0.39 is 0 Å². The number of nitrogens with zero attached hydrogens (tertiary/aromatic N) is 1. The topological polar surface area (TPSA) is 20.2 Å². The van der Waals surface area contributed by atoms with E-state index >= 15 is 0 Å². The summed E-state index contributed by atoms with van der Waals surface area (Å²) in [4.78, 5) is 0. The molecule has 2 aromatic rings. The highest BCUT2D eigenvalue weighted by Crippen LogP contribution is 2.25. The van der Waals surface area contributed by atoms with Gasteiger partial charge in [-0.25, -0.2) is 0 Å². The zero-order valence-corrected chi connectivity index (χ0v) is 14.7. The summed E-state index contributed by atoms with van der Waals surface area (Å²) in [6.45, 7) is 2.35. The number of benzene rings is 2. The molecule has 0 saturated heterocycles. The second-order valence-electron chi connectivity index (χ2n) is 5.76. The minimum absolute atomic E-state index is 0.130. The van der Waals surface area contributed by atoms with Gasteiger partial charge in [0.2, 0.25) is 0 Å². The van der Waals surface area contributed by atoms with Gasteiger partial charge in [0.1, 0.15) is 19.6 Å². The van der Waals surface area contributed by atoms with Gasteiger partial charge in [-0.05, 0) is 24.3 Å². The van der Waals surface area contributed by atoms with Crippen LogP contribution >= 0.6 is 34.8 Å². The molecule has 118 valence electrons. The first-order valence-corrected chi connectivity index (χ1v) is 8.18. The van der Waals surface area contributed by atoms with E-state index in [-0.39, 0.29) is 6.61 Å². The van der Waals surface area contributed by atoms with Crippen LogP contribution in [-0.2, 0) is 13.1 Å². The first kappa shape index (κ1) is 17.6. The molecule has 0 saturated carbocycles. The molecule has 0 radical (unpaired) electrons. The number of likely N-dealkylation sites (N-methyl/N-ethyl adjacent to an activating group) is 1. The van der Waals surface area contributed by atoms with Crippen LogP contribution in [-0.4, -0.2) is 29.8 Å². The van der Waals surface area contributed by atoms with Gasteiger partial charge in [0, 0.05) is 16.1 Å². The van der Waals surface area contributed by atoms with Crippen LogP contribution in [0.25, 0.3) is 0 Å². The smallest absolute Gasteiger partial charge is 0.105 e. The Labute approximate surface area is 146 Å². The van der Waals surface area contributed by atoms with E-state index in [4.69, 9.17) is 34.8 Å². The molecule has 5 heteroatoms. The van der Waals surface area contributed by atoms with Gasteiger partial charge in [-0.2, -0.15) is 0 Å². The summed E-state index contributed by atoms with van der Waals surface area (Å²) in [7, 11) is 2.12. The summed E-state index contributed by atoms with van der Waals surface area (Å²) < 4.78 is 0.677. The number of halogens is 3. The van der Waals surface area contributed by atoms with E-state index in [1.54, 1.807) is 0 Å². The second-order valence-corrected chi connectivity index (χ2v) is 7.01. The Bertz CT molecular complexity index is 630. The van der Waals surface area contributed by atoms with E-state index in [2.05, 4.69) is 7.05 Å². The van der Waals surface area contributed by atoms with Crippen LogP contribution < -0.4 is 0 Å². The fourth-order valence-corrected chi connectivity index (χ4v) is 3.01. The molecular weight excluding hydrogens is 341 g/mol. The Hall–Kier alpha value is -0.770. The predicted molar refractivity (Wildman–Crippen MR) is 93.5 cm³/mol. The minimum atomic E-state index is 0.130. The Morgan fingerprint density at radius 1 is 0.864 bits per heavy atom. The van der Waals surface area contributed by atoms with Crippen molar-refractivity contribution in [2.75, 3.05) is 20.2 Å². The van der Waals surface area contributed by atoms with Crippen LogP contribution in [0, 0.1) is 0 Å². The maximum Gasteiger partial charge on any atom is 0.105 e. The molecule has 1 atom stereocenters. The number of hydrogen-bond donors (Lipinski definition) is 1. The number of aliphatic hydroxyl groups is 1. The van der Waals surface area contributed by atoms with Crippen molar-refractivity contribution in [3.8, 4) is 0 Å². The fraction of sp³-hybridized carbons (Fsp3) is 0.294. The minimum Gasteiger partial charge on any atom is -0.391 e. The van der Waals surface area contributed by atoms with Crippen molar-refractivity contribution in [3.63, 3.8) is 0 Å². The maximum absolute atomic E-state index is 9.42. The summed E-state index contributed by atoms with van der Waals surface area (Å²) >= 11 is 18.0. The van der Waals surface area contributed by atoms with Gasteiger partial charge >= 0.3 is 0 Å². The lowest BCUT2D eigenvalue weighted by Gasteiger charge is -2.34. The lowest BCUT2D eigenvalue weighted by Crippen LogP contribution is -2.44. The Morgan fingerprint density at radius 3 is 2.05 bits per heavy atom. The average Bonchev–Trinajstić information content (AvgIpc) is 2.46. The van der Waals surface area contributed by atoms with Crippen molar-refractivity contribution >= 4 is 34.8 Å². The third-order valence-electron chi connectivity index (χ3n) is 3.67. The van der Waals surface area contributed by atoms with Crippen molar-refractivity contribution in [2.24, 2.45) is 0 Å². The number of aliphatic hydroxyl groups excluding tert-OH is 1. The summed E-state index contributed by atoms with van der Waals surface area (Å²) in [6, 6.07) is 13.5. The van der Waals surface area contributed by atoms with Gasteiger partial charge in [-0.3, -0.25) is 0 Å². The van der Waals surface area contributed by atoms with Crippen molar-refractivity contribution in [2.45, 2.75) is 13.1 Å². The largest absolute Gasteiger partial charge is 0.391 e. The molecule has 0 fully saturated rings. The van der Waals surface area contributed by atoms with Crippen molar-refractivity contribution in [3.05, 3.63) is 68.7 Å². The molecule has 0 heterocycles. The molecule has 0 aliphatic rings. The van der Waals surface area contributed by atoms with Gasteiger partial charge in [0.25, 0.3) is 0 Å². The van der Waals surface area contributed by atoms with Crippen LogP contribution in [0.5, 0.6) is 0 Å². The van der Waals surface area contributed by atoms with Gasteiger partial charge in [0.05, 0.1) is 23.7 Å². The summed E-state index contributed by atoms with van der Waals surface area (Å²) in [5, 5.41) is 11.3. The SMILES string of the molecule is C[N+](CCO)(Cc1ccc(Cl)cc1)Cc1ccc(Cl)c(Cl)c1. The Kier molecular flexibility index (Phi) is 6.13. The number of hydrogen-bond acceptors (Lipinski definition) is 1. The molecule has 0 aliphatic heterocycles. The first-order chi connectivity index (χ1) is 10.4. The molecule has 1 unspecified atom stereocenters. The van der Waals surface area contributed by atoms with Crippen LogP contribution in [0.1, 0.15) is 11.1 Å². The van der Waals surface area contributed by atoms with E-state index in [0.717, 1.165) is 23.7 Å². The van der Waals surface area contributed by atoms with E-state index in [1.165, 1.54) is 5.56 Å². The highest BCUT2D eigenvalue weighted by molar-refractivity contribution is 6.42.